The van der Waals surface area contributed by atoms with Crippen LogP contribution in [-0.4, -0.2) is 56.9 Å². The smallest absolute Gasteiger partial charge is 0.234 e. The molecule has 1 rings (SSSR count). The van der Waals surface area contributed by atoms with Crippen molar-refractivity contribution >= 4 is 5.91 Å². The lowest BCUT2D eigenvalue weighted by Gasteiger charge is -2.25. The minimum Gasteiger partial charge on any atom is -0.504 e. The van der Waals surface area contributed by atoms with Crippen LogP contribution >= 0.6 is 0 Å². The Balaban J connectivity index is 2.61. The molecule has 0 saturated heterocycles. The molecule has 0 aliphatic carbocycles. The standard InChI is InChI=1S/C15H24N2O4/c1-11(12-5-6-13(18)14(9-12)21-4)17(2)10-15(19)16-7-8-20-3/h5-6,9,11,18H,7-8,10H2,1-4H3,(H,16,19). The number of carbonyl (C=O) groups excluding carboxylic acids is 1. The van der Waals surface area contributed by atoms with E-state index < -0.39 is 0 Å². The third-order valence-corrected chi connectivity index (χ3v) is 3.37. The number of amides is 1. The van der Waals surface area contributed by atoms with Gasteiger partial charge in [-0.2, -0.15) is 0 Å². The Morgan fingerprint density at radius 2 is 2.14 bits per heavy atom. The first-order chi connectivity index (χ1) is 9.99. The summed E-state index contributed by atoms with van der Waals surface area (Å²) in [6.07, 6.45) is 0. The van der Waals surface area contributed by atoms with Crippen LogP contribution < -0.4 is 10.1 Å². The number of carbonyl (C=O) groups is 1. The Kier molecular flexibility index (Phi) is 6.98. The van der Waals surface area contributed by atoms with Crippen molar-refractivity contribution in [3.63, 3.8) is 0 Å². The molecular weight excluding hydrogens is 272 g/mol. The molecule has 0 aliphatic rings. The molecule has 0 aliphatic heterocycles. The van der Waals surface area contributed by atoms with Crippen LogP contribution in [0.4, 0.5) is 0 Å². The first kappa shape index (κ1) is 17.3. The van der Waals surface area contributed by atoms with Gasteiger partial charge >= 0.3 is 0 Å². The largest absolute Gasteiger partial charge is 0.504 e. The molecule has 0 spiro atoms. The number of ether oxygens (including phenoxy) is 2. The van der Waals surface area contributed by atoms with Gasteiger partial charge in [0.05, 0.1) is 20.3 Å². The third-order valence-electron chi connectivity index (χ3n) is 3.37. The molecule has 1 amide bonds. The maximum absolute atomic E-state index is 11.8. The number of nitrogens with one attached hydrogen (secondary N) is 1. The maximum Gasteiger partial charge on any atom is 0.234 e. The van der Waals surface area contributed by atoms with Crippen molar-refractivity contribution in [2.75, 3.05) is 41.0 Å². The summed E-state index contributed by atoms with van der Waals surface area (Å²) in [4.78, 5) is 13.7. The zero-order valence-electron chi connectivity index (χ0n) is 13.0. The second-order valence-electron chi connectivity index (χ2n) is 4.87. The molecule has 0 fully saturated rings. The Hall–Kier alpha value is -1.79. The van der Waals surface area contributed by atoms with E-state index in [4.69, 9.17) is 9.47 Å². The van der Waals surface area contributed by atoms with Crippen molar-refractivity contribution in [3.8, 4) is 11.5 Å². The first-order valence-corrected chi connectivity index (χ1v) is 6.82. The fraction of sp³-hybridized carbons (Fsp3) is 0.533. The maximum atomic E-state index is 11.8. The van der Waals surface area contributed by atoms with Gasteiger partial charge in [-0.15, -0.1) is 0 Å². The molecular formula is C15H24N2O4. The predicted octanol–water partition coefficient (Wildman–Crippen LogP) is 1.16. The van der Waals surface area contributed by atoms with Crippen molar-refractivity contribution < 1.29 is 19.4 Å². The highest BCUT2D eigenvalue weighted by atomic mass is 16.5. The summed E-state index contributed by atoms with van der Waals surface area (Å²) in [6, 6.07) is 5.21. The van der Waals surface area contributed by atoms with Crippen LogP contribution in [0.15, 0.2) is 18.2 Å². The van der Waals surface area contributed by atoms with Gasteiger partial charge in [-0.05, 0) is 31.7 Å². The van der Waals surface area contributed by atoms with Gasteiger partial charge in [0.25, 0.3) is 0 Å². The van der Waals surface area contributed by atoms with E-state index in [9.17, 15) is 9.90 Å². The summed E-state index contributed by atoms with van der Waals surface area (Å²) in [6.45, 7) is 3.28. The number of likely N-dealkylation sites (N-methyl/N-ethyl adjacent to an activating group) is 1. The summed E-state index contributed by atoms with van der Waals surface area (Å²) < 4.78 is 9.99. The average molecular weight is 296 g/mol. The first-order valence-electron chi connectivity index (χ1n) is 6.82. The monoisotopic (exact) mass is 296 g/mol. The van der Waals surface area contributed by atoms with E-state index in [1.54, 1.807) is 19.2 Å². The van der Waals surface area contributed by atoms with Crippen LogP contribution in [0.25, 0.3) is 0 Å². The molecule has 2 N–H and O–H groups in total. The Morgan fingerprint density at radius 1 is 1.43 bits per heavy atom. The van der Waals surface area contributed by atoms with Crippen molar-refractivity contribution in [2.45, 2.75) is 13.0 Å². The average Bonchev–Trinajstić information content (AvgIpc) is 2.47. The number of aromatic hydroxyl groups is 1. The van der Waals surface area contributed by atoms with Crippen molar-refractivity contribution in [3.05, 3.63) is 23.8 Å². The van der Waals surface area contributed by atoms with E-state index in [0.29, 0.717) is 18.9 Å². The van der Waals surface area contributed by atoms with Crippen LogP contribution in [0.2, 0.25) is 0 Å². The molecule has 6 heteroatoms. The molecule has 1 atom stereocenters. The quantitative estimate of drug-likeness (QED) is 0.704. The SMILES string of the molecule is COCCNC(=O)CN(C)C(C)c1ccc(O)c(OC)c1. The van der Waals surface area contributed by atoms with Gasteiger partial charge in [-0.1, -0.05) is 6.07 Å². The van der Waals surface area contributed by atoms with Gasteiger partial charge in [0, 0.05) is 19.7 Å². The summed E-state index contributed by atoms with van der Waals surface area (Å²) in [5, 5.41) is 12.4. The number of phenols is 1. The number of hydrogen-bond donors (Lipinski definition) is 2. The van der Waals surface area contributed by atoms with Gasteiger partial charge in [0.1, 0.15) is 0 Å². The van der Waals surface area contributed by atoms with Crippen molar-refractivity contribution in [2.24, 2.45) is 0 Å². The van der Waals surface area contributed by atoms with E-state index >= 15 is 0 Å². The molecule has 0 bridgehead atoms. The highest BCUT2D eigenvalue weighted by Gasteiger charge is 2.16. The highest BCUT2D eigenvalue weighted by Crippen LogP contribution is 2.30. The number of nitrogens with zero attached hydrogens (tertiary/aromatic N) is 1. The fourth-order valence-electron chi connectivity index (χ4n) is 1.92. The van der Waals surface area contributed by atoms with Gasteiger partial charge in [-0.25, -0.2) is 0 Å². The van der Waals surface area contributed by atoms with Crippen molar-refractivity contribution in [1.82, 2.24) is 10.2 Å². The Morgan fingerprint density at radius 3 is 2.76 bits per heavy atom. The van der Waals surface area contributed by atoms with E-state index in [0.717, 1.165) is 5.56 Å². The summed E-state index contributed by atoms with van der Waals surface area (Å²) in [7, 11) is 4.98. The second-order valence-corrected chi connectivity index (χ2v) is 4.87. The number of phenolic OH excluding ortho intramolecular Hbond substituents is 1. The van der Waals surface area contributed by atoms with Gasteiger partial charge in [0.15, 0.2) is 11.5 Å². The number of rotatable bonds is 8. The predicted molar refractivity (Wildman–Crippen MR) is 80.6 cm³/mol. The lowest BCUT2D eigenvalue weighted by molar-refractivity contribution is -0.122. The van der Waals surface area contributed by atoms with Gasteiger partial charge in [-0.3, -0.25) is 9.69 Å². The number of hydrogen-bond acceptors (Lipinski definition) is 5. The zero-order valence-corrected chi connectivity index (χ0v) is 13.0. The van der Waals surface area contributed by atoms with Crippen LogP contribution in [0.5, 0.6) is 11.5 Å². The van der Waals surface area contributed by atoms with E-state index in [1.807, 2.05) is 24.9 Å². The number of methoxy groups -OCH3 is 2. The third kappa shape index (κ3) is 5.24. The topological polar surface area (TPSA) is 71.0 Å². The van der Waals surface area contributed by atoms with Crippen LogP contribution in [0, 0.1) is 0 Å². The highest BCUT2D eigenvalue weighted by molar-refractivity contribution is 5.78. The number of benzene rings is 1. The molecule has 21 heavy (non-hydrogen) atoms. The van der Waals surface area contributed by atoms with E-state index in [1.165, 1.54) is 7.11 Å². The van der Waals surface area contributed by atoms with Crippen LogP contribution in [0.1, 0.15) is 18.5 Å². The minimum absolute atomic E-state index is 0.0210. The summed E-state index contributed by atoms with van der Waals surface area (Å²) in [5.41, 5.74) is 0.969. The molecule has 1 aromatic carbocycles. The molecule has 6 nitrogen and oxygen atoms in total. The minimum atomic E-state index is -0.0489. The van der Waals surface area contributed by atoms with Gasteiger partial charge in [0.2, 0.25) is 5.91 Å². The summed E-state index contributed by atoms with van der Waals surface area (Å²) >= 11 is 0. The fourth-order valence-corrected chi connectivity index (χ4v) is 1.92. The summed E-state index contributed by atoms with van der Waals surface area (Å²) in [5.74, 6) is 0.484. The van der Waals surface area contributed by atoms with Gasteiger partial charge < -0.3 is 19.9 Å². The lowest BCUT2D eigenvalue weighted by Crippen LogP contribution is -2.37. The lowest BCUT2D eigenvalue weighted by atomic mass is 10.1. The molecule has 1 aromatic rings. The van der Waals surface area contributed by atoms with E-state index in [2.05, 4.69) is 5.32 Å². The molecule has 1 unspecified atom stereocenters. The Labute approximate surface area is 125 Å². The molecule has 0 aromatic heterocycles. The molecule has 0 saturated carbocycles. The van der Waals surface area contributed by atoms with E-state index in [-0.39, 0.29) is 24.2 Å². The zero-order chi connectivity index (χ0) is 15.8. The van der Waals surface area contributed by atoms with Crippen molar-refractivity contribution in [1.29, 1.82) is 0 Å². The normalized spacial score (nSPS) is 12.2. The molecule has 0 radical (unpaired) electrons. The second kappa shape index (κ2) is 8.49. The van der Waals surface area contributed by atoms with Crippen LogP contribution in [0.3, 0.4) is 0 Å². The Bertz CT molecular complexity index is 465. The molecule has 0 heterocycles. The molecule has 118 valence electrons. The van der Waals surface area contributed by atoms with Crippen LogP contribution in [-0.2, 0) is 9.53 Å².